The van der Waals surface area contributed by atoms with E-state index in [2.05, 4.69) is 5.32 Å². The van der Waals surface area contributed by atoms with Gasteiger partial charge in [0.25, 0.3) is 0 Å². The van der Waals surface area contributed by atoms with Crippen LogP contribution in [0.25, 0.3) is 0 Å². The van der Waals surface area contributed by atoms with Crippen molar-refractivity contribution in [2.45, 2.75) is 32.9 Å². The van der Waals surface area contributed by atoms with Gasteiger partial charge < -0.3 is 14.8 Å². The lowest BCUT2D eigenvalue weighted by molar-refractivity contribution is -0.122. The fraction of sp³-hybridized carbons (Fsp3) is 0.381. The van der Waals surface area contributed by atoms with Gasteiger partial charge in [0, 0.05) is 0 Å². The summed E-state index contributed by atoms with van der Waals surface area (Å²) >= 11 is 0. The number of sulfonamides is 1. The molecular weight excluding hydrogens is 392 g/mol. The van der Waals surface area contributed by atoms with Crippen LogP contribution in [0.4, 0.5) is 5.69 Å². The molecule has 3 rings (SSSR count). The van der Waals surface area contributed by atoms with Crippen LogP contribution in [0, 0.1) is 6.92 Å². The van der Waals surface area contributed by atoms with Crippen molar-refractivity contribution in [3.8, 4) is 11.5 Å². The molecule has 0 spiro atoms. The standard InChI is InChI=1S/C21H26N2O5S/c1-14-5-8-18(9-6-14)23(29(4,25)26)16(3)21(24)22-15(2)17-7-10-19-20(13-17)28-12-11-27-19/h5-10,13,15-16H,11-12H2,1-4H3,(H,22,24)/t15-,16-/m0/s1. The number of carbonyl (C=O) groups excluding carboxylic acids is 1. The molecule has 1 aliphatic rings. The maximum absolute atomic E-state index is 12.9. The Morgan fingerprint density at radius 3 is 2.28 bits per heavy atom. The van der Waals surface area contributed by atoms with E-state index in [4.69, 9.17) is 9.47 Å². The topological polar surface area (TPSA) is 84.9 Å². The lowest BCUT2D eigenvalue weighted by atomic mass is 10.1. The molecule has 0 aromatic heterocycles. The van der Waals surface area contributed by atoms with E-state index in [1.165, 1.54) is 0 Å². The number of carbonyl (C=O) groups is 1. The molecule has 1 aliphatic heterocycles. The van der Waals surface area contributed by atoms with Crippen LogP contribution < -0.4 is 19.1 Å². The summed E-state index contributed by atoms with van der Waals surface area (Å²) in [4.78, 5) is 12.9. The number of ether oxygens (including phenoxy) is 2. The summed E-state index contributed by atoms with van der Waals surface area (Å²) in [6, 6.07) is 11.3. The predicted molar refractivity (Wildman–Crippen MR) is 112 cm³/mol. The fourth-order valence-electron chi connectivity index (χ4n) is 3.25. The van der Waals surface area contributed by atoms with Crippen LogP contribution in [0.15, 0.2) is 42.5 Å². The lowest BCUT2D eigenvalue weighted by Gasteiger charge is -2.29. The first-order chi connectivity index (χ1) is 13.7. The number of fused-ring (bicyclic) bond motifs is 1. The van der Waals surface area contributed by atoms with E-state index in [-0.39, 0.29) is 6.04 Å². The summed E-state index contributed by atoms with van der Waals surface area (Å²) in [6.07, 6.45) is 1.10. The molecule has 1 amide bonds. The Morgan fingerprint density at radius 1 is 1.03 bits per heavy atom. The van der Waals surface area contributed by atoms with Gasteiger partial charge in [-0.15, -0.1) is 0 Å². The molecule has 8 heteroatoms. The zero-order valence-corrected chi connectivity index (χ0v) is 17.8. The Bertz CT molecular complexity index is 989. The zero-order valence-electron chi connectivity index (χ0n) is 17.0. The van der Waals surface area contributed by atoms with Gasteiger partial charge in [0.05, 0.1) is 18.0 Å². The van der Waals surface area contributed by atoms with Gasteiger partial charge in [0.2, 0.25) is 15.9 Å². The highest BCUT2D eigenvalue weighted by Crippen LogP contribution is 2.32. The Kier molecular flexibility index (Phi) is 6.02. The number of anilines is 1. The molecule has 7 nitrogen and oxygen atoms in total. The van der Waals surface area contributed by atoms with Gasteiger partial charge in [0.1, 0.15) is 19.3 Å². The number of nitrogens with one attached hydrogen (secondary N) is 1. The number of hydrogen-bond acceptors (Lipinski definition) is 5. The summed E-state index contributed by atoms with van der Waals surface area (Å²) in [7, 11) is -3.65. The minimum Gasteiger partial charge on any atom is -0.486 e. The van der Waals surface area contributed by atoms with Crippen LogP contribution in [0.5, 0.6) is 11.5 Å². The Labute approximate surface area is 171 Å². The largest absolute Gasteiger partial charge is 0.486 e. The van der Waals surface area contributed by atoms with Gasteiger partial charge in [-0.25, -0.2) is 8.42 Å². The van der Waals surface area contributed by atoms with Crippen molar-refractivity contribution in [1.82, 2.24) is 5.32 Å². The average molecular weight is 419 g/mol. The van der Waals surface area contributed by atoms with E-state index in [0.717, 1.165) is 21.7 Å². The molecule has 29 heavy (non-hydrogen) atoms. The highest BCUT2D eigenvalue weighted by molar-refractivity contribution is 7.92. The molecule has 2 atom stereocenters. The average Bonchev–Trinajstić information content (AvgIpc) is 2.68. The quantitative estimate of drug-likeness (QED) is 0.780. The molecule has 1 heterocycles. The zero-order chi connectivity index (χ0) is 21.2. The van der Waals surface area contributed by atoms with Crippen molar-refractivity contribution in [2.75, 3.05) is 23.8 Å². The lowest BCUT2D eigenvalue weighted by Crippen LogP contribution is -2.48. The smallest absolute Gasteiger partial charge is 0.244 e. The molecule has 0 unspecified atom stereocenters. The van der Waals surface area contributed by atoms with Crippen molar-refractivity contribution in [1.29, 1.82) is 0 Å². The van der Waals surface area contributed by atoms with Gasteiger partial charge >= 0.3 is 0 Å². The first kappa shape index (κ1) is 21.0. The number of aryl methyl sites for hydroxylation is 1. The van der Waals surface area contributed by atoms with Gasteiger partial charge in [-0.2, -0.15) is 0 Å². The molecule has 0 radical (unpaired) electrons. The van der Waals surface area contributed by atoms with Crippen LogP contribution in [0.1, 0.15) is 31.0 Å². The Morgan fingerprint density at radius 2 is 1.66 bits per heavy atom. The molecular formula is C21H26N2O5S. The van der Waals surface area contributed by atoms with Crippen LogP contribution in [-0.2, 0) is 14.8 Å². The second kappa shape index (κ2) is 8.32. The van der Waals surface area contributed by atoms with Crippen molar-refractivity contribution >= 4 is 21.6 Å². The molecule has 2 aromatic carbocycles. The second-order valence-electron chi connectivity index (χ2n) is 7.20. The number of amides is 1. The number of nitrogens with zero attached hydrogens (tertiary/aromatic N) is 1. The molecule has 2 aromatic rings. The maximum atomic E-state index is 12.9. The van der Waals surface area contributed by atoms with E-state index in [0.29, 0.717) is 30.4 Å². The summed E-state index contributed by atoms with van der Waals surface area (Å²) in [5.74, 6) is 0.924. The van der Waals surface area contributed by atoms with Crippen molar-refractivity contribution in [3.63, 3.8) is 0 Å². The Balaban J connectivity index is 1.78. The van der Waals surface area contributed by atoms with Gasteiger partial charge in [-0.3, -0.25) is 9.10 Å². The van der Waals surface area contributed by atoms with E-state index in [9.17, 15) is 13.2 Å². The van der Waals surface area contributed by atoms with Crippen molar-refractivity contribution < 1.29 is 22.7 Å². The second-order valence-corrected chi connectivity index (χ2v) is 9.06. The molecule has 0 aliphatic carbocycles. The summed E-state index contributed by atoms with van der Waals surface area (Å²) in [6.45, 7) is 6.32. The monoisotopic (exact) mass is 418 g/mol. The molecule has 0 fully saturated rings. The third-order valence-corrected chi connectivity index (χ3v) is 6.04. The molecule has 0 saturated heterocycles. The normalized spacial score (nSPS) is 15.3. The first-order valence-corrected chi connectivity index (χ1v) is 11.3. The van der Waals surface area contributed by atoms with Crippen LogP contribution in [0.2, 0.25) is 0 Å². The first-order valence-electron chi connectivity index (χ1n) is 9.43. The van der Waals surface area contributed by atoms with E-state index < -0.39 is 22.0 Å². The van der Waals surface area contributed by atoms with Crippen LogP contribution in [-0.4, -0.2) is 39.8 Å². The number of benzene rings is 2. The van der Waals surface area contributed by atoms with E-state index in [1.807, 2.05) is 44.2 Å². The Hall–Kier alpha value is -2.74. The number of hydrogen-bond donors (Lipinski definition) is 1. The van der Waals surface area contributed by atoms with Crippen LogP contribution >= 0.6 is 0 Å². The van der Waals surface area contributed by atoms with Crippen molar-refractivity contribution in [2.24, 2.45) is 0 Å². The molecule has 1 N–H and O–H groups in total. The molecule has 0 saturated carbocycles. The van der Waals surface area contributed by atoms with Gasteiger partial charge in [-0.05, 0) is 50.6 Å². The fourth-order valence-corrected chi connectivity index (χ4v) is 4.42. The highest BCUT2D eigenvalue weighted by Gasteiger charge is 2.30. The SMILES string of the molecule is Cc1ccc(N([C@@H](C)C(=O)N[C@@H](C)c2ccc3c(c2)OCCO3)S(C)(=O)=O)cc1. The number of rotatable bonds is 6. The predicted octanol–water partition coefficient (Wildman–Crippen LogP) is 2.80. The van der Waals surface area contributed by atoms with Gasteiger partial charge in [-0.1, -0.05) is 23.8 Å². The summed E-state index contributed by atoms with van der Waals surface area (Å²) in [5, 5.41) is 2.90. The third-order valence-electron chi connectivity index (χ3n) is 4.80. The molecule has 156 valence electrons. The van der Waals surface area contributed by atoms with E-state index >= 15 is 0 Å². The van der Waals surface area contributed by atoms with E-state index in [1.54, 1.807) is 19.1 Å². The van der Waals surface area contributed by atoms with Crippen molar-refractivity contribution in [3.05, 3.63) is 53.6 Å². The summed E-state index contributed by atoms with van der Waals surface area (Å²) in [5.41, 5.74) is 2.30. The minimum atomic E-state index is -3.65. The maximum Gasteiger partial charge on any atom is 0.244 e. The molecule has 0 bridgehead atoms. The van der Waals surface area contributed by atoms with Crippen LogP contribution in [0.3, 0.4) is 0 Å². The van der Waals surface area contributed by atoms with Gasteiger partial charge in [0.15, 0.2) is 11.5 Å². The summed E-state index contributed by atoms with van der Waals surface area (Å²) < 4.78 is 37.0. The third kappa shape index (κ3) is 4.82. The minimum absolute atomic E-state index is 0.333. The highest BCUT2D eigenvalue weighted by atomic mass is 32.2.